The van der Waals surface area contributed by atoms with Crippen LogP contribution in [-0.4, -0.2) is 31.5 Å². The lowest BCUT2D eigenvalue weighted by Crippen LogP contribution is -2.25. The van der Waals surface area contributed by atoms with Crippen molar-refractivity contribution in [3.8, 4) is 0 Å². The maximum absolute atomic E-state index is 13.0. The Morgan fingerprint density at radius 3 is 2.35 bits per heavy atom. The molecule has 23 heavy (non-hydrogen) atoms. The van der Waals surface area contributed by atoms with Crippen LogP contribution in [0.5, 0.6) is 0 Å². The van der Waals surface area contributed by atoms with Crippen LogP contribution in [-0.2, 0) is 14.6 Å². The first-order valence-corrected chi connectivity index (χ1v) is 9.25. The Morgan fingerprint density at radius 1 is 1.09 bits per heavy atom. The molecule has 1 N–H and O–H groups in total. The molecule has 3 atom stereocenters. The zero-order chi connectivity index (χ0) is 16.4. The van der Waals surface area contributed by atoms with Gasteiger partial charge in [-0.2, -0.15) is 0 Å². The Morgan fingerprint density at radius 2 is 1.74 bits per heavy atom. The molecule has 0 saturated carbocycles. The minimum atomic E-state index is -3.56. The highest BCUT2D eigenvalue weighted by Crippen LogP contribution is 2.40. The lowest BCUT2D eigenvalue weighted by Gasteiger charge is -2.19. The van der Waals surface area contributed by atoms with Gasteiger partial charge in [0, 0.05) is 5.02 Å². The van der Waals surface area contributed by atoms with Crippen molar-refractivity contribution < 1.29 is 18.3 Å². The van der Waals surface area contributed by atoms with E-state index in [4.69, 9.17) is 16.3 Å². The monoisotopic (exact) mass is 352 g/mol. The Balaban J connectivity index is 1.99. The third-order valence-corrected chi connectivity index (χ3v) is 6.46. The Kier molecular flexibility index (Phi) is 4.73. The van der Waals surface area contributed by atoms with Crippen LogP contribution < -0.4 is 0 Å². The number of aliphatic hydroxyl groups excluding tert-OH is 1. The first-order chi connectivity index (χ1) is 11.0. The van der Waals surface area contributed by atoms with E-state index in [0.29, 0.717) is 5.02 Å². The van der Waals surface area contributed by atoms with Crippen molar-refractivity contribution in [1.82, 2.24) is 0 Å². The molecule has 0 amide bonds. The van der Waals surface area contributed by atoms with Gasteiger partial charge in [0.15, 0.2) is 9.84 Å². The van der Waals surface area contributed by atoms with Crippen molar-refractivity contribution in [2.45, 2.75) is 28.8 Å². The molecule has 1 aliphatic rings. The molecule has 2 aromatic rings. The summed E-state index contributed by atoms with van der Waals surface area (Å²) in [5.74, 6) is 0. The van der Waals surface area contributed by atoms with Crippen molar-refractivity contribution in [2.24, 2.45) is 0 Å². The quantitative estimate of drug-likeness (QED) is 0.918. The first kappa shape index (κ1) is 16.5. The normalized spacial score (nSPS) is 24.7. The Bertz CT molecular complexity index is 759. The number of ether oxygens (including phenoxy) is 1. The van der Waals surface area contributed by atoms with E-state index in [1.165, 1.54) is 0 Å². The third kappa shape index (κ3) is 3.28. The minimum Gasteiger partial charge on any atom is -0.394 e. The van der Waals surface area contributed by atoms with E-state index < -0.39 is 27.3 Å². The molecule has 4 nitrogen and oxygen atoms in total. The fourth-order valence-electron chi connectivity index (χ4n) is 2.87. The van der Waals surface area contributed by atoms with E-state index in [2.05, 4.69) is 0 Å². The number of halogens is 1. The predicted octanol–water partition coefficient (Wildman–Crippen LogP) is 3.00. The van der Waals surface area contributed by atoms with E-state index in [1.807, 2.05) is 0 Å². The highest BCUT2D eigenvalue weighted by Gasteiger charge is 2.44. The standard InChI is InChI=1S/C17H17ClO4S/c18-13-8-6-12(7-9-13)17-16(10-14(11-19)22-17)23(20,21)15-4-2-1-3-5-15/h1-9,14,16-17,19H,10-11H2/t14-,16-,17+/m0/s1. The van der Waals surface area contributed by atoms with Crippen LogP contribution in [0, 0.1) is 0 Å². The van der Waals surface area contributed by atoms with Gasteiger partial charge in [-0.1, -0.05) is 41.9 Å². The molecular formula is C17H17ClO4S. The van der Waals surface area contributed by atoms with Gasteiger partial charge in [-0.15, -0.1) is 0 Å². The molecule has 0 bridgehead atoms. The molecule has 1 aliphatic heterocycles. The molecule has 0 aliphatic carbocycles. The van der Waals surface area contributed by atoms with Gasteiger partial charge in [-0.25, -0.2) is 8.42 Å². The maximum Gasteiger partial charge on any atom is 0.184 e. The third-order valence-electron chi connectivity index (χ3n) is 4.04. The lowest BCUT2D eigenvalue weighted by molar-refractivity contribution is 0.0114. The van der Waals surface area contributed by atoms with Crippen molar-refractivity contribution in [1.29, 1.82) is 0 Å². The fourth-order valence-corrected chi connectivity index (χ4v) is 4.90. The van der Waals surface area contributed by atoms with Crippen LogP contribution in [0.1, 0.15) is 18.1 Å². The van der Waals surface area contributed by atoms with Crippen molar-refractivity contribution >= 4 is 21.4 Å². The summed E-state index contributed by atoms with van der Waals surface area (Å²) in [6.07, 6.45) is -0.838. The lowest BCUT2D eigenvalue weighted by atomic mass is 10.1. The topological polar surface area (TPSA) is 63.6 Å². The molecule has 1 heterocycles. The van der Waals surface area contributed by atoms with Gasteiger partial charge in [0.1, 0.15) is 6.10 Å². The molecular weight excluding hydrogens is 336 g/mol. The van der Waals surface area contributed by atoms with Crippen LogP contribution in [0.2, 0.25) is 5.02 Å². The average molecular weight is 353 g/mol. The van der Waals surface area contributed by atoms with Crippen LogP contribution in [0.25, 0.3) is 0 Å². The van der Waals surface area contributed by atoms with Gasteiger partial charge in [-0.05, 0) is 36.2 Å². The maximum atomic E-state index is 13.0. The van der Waals surface area contributed by atoms with Gasteiger partial charge in [0.25, 0.3) is 0 Å². The smallest absolute Gasteiger partial charge is 0.184 e. The van der Waals surface area contributed by atoms with Crippen LogP contribution >= 0.6 is 11.6 Å². The zero-order valence-corrected chi connectivity index (χ0v) is 13.9. The van der Waals surface area contributed by atoms with E-state index in [1.54, 1.807) is 54.6 Å². The van der Waals surface area contributed by atoms with E-state index >= 15 is 0 Å². The van der Waals surface area contributed by atoms with E-state index in [-0.39, 0.29) is 17.9 Å². The summed E-state index contributed by atoms with van der Waals surface area (Å²) in [7, 11) is -3.56. The van der Waals surface area contributed by atoms with Gasteiger partial charge in [0.05, 0.1) is 22.9 Å². The zero-order valence-electron chi connectivity index (χ0n) is 12.3. The molecule has 6 heteroatoms. The average Bonchev–Trinajstić information content (AvgIpc) is 3.01. The molecule has 0 unspecified atom stereocenters. The number of hydrogen-bond donors (Lipinski definition) is 1. The number of aliphatic hydroxyl groups is 1. The first-order valence-electron chi connectivity index (χ1n) is 7.33. The summed E-state index contributed by atoms with van der Waals surface area (Å²) in [4.78, 5) is 0.270. The van der Waals surface area contributed by atoms with E-state index in [9.17, 15) is 13.5 Å². The van der Waals surface area contributed by atoms with Crippen molar-refractivity contribution in [3.05, 3.63) is 65.2 Å². The molecule has 2 aromatic carbocycles. The largest absolute Gasteiger partial charge is 0.394 e. The second-order valence-corrected chi connectivity index (χ2v) is 8.15. The summed E-state index contributed by atoms with van der Waals surface area (Å²) >= 11 is 5.90. The Labute approximate surface area is 140 Å². The van der Waals surface area contributed by atoms with Crippen molar-refractivity contribution in [3.63, 3.8) is 0 Å². The van der Waals surface area contributed by atoms with Gasteiger partial charge in [0.2, 0.25) is 0 Å². The summed E-state index contributed by atoms with van der Waals surface area (Å²) < 4.78 is 31.7. The number of hydrogen-bond acceptors (Lipinski definition) is 4. The van der Waals surface area contributed by atoms with Gasteiger partial charge in [-0.3, -0.25) is 0 Å². The summed E-state index contributed by atoms with van der Waals surface area (Å²) in [6.45, 7) is -0.203. The molecule has 1 fully saturated rings. The summed E-state index contributed by atoms with van der Waals surface area (Å²) in [5.41, 5.74) is 0.745. The molecule has 122 valence electrons. The van der Waals surface area contributed by atoms with Gasteiger partial charge >= 0.3 is 0 Å². The Hall–Kier alpha value is -1.40. The molecule has 3 rings (SSSR count). The second-order valence-electron chi connectivity index (χ2n) is 5.55. The molecule has 0 spiro atoms. The highest BCUT2D eigenvalue weighted by atomic mass is 35.5. The summed E-state index contributed by atoms with van der Waals surface area (Å²) in [6, 6.07) is 15.3. The number of sulfone groups is 1. The number of benzene rings is 2. The predicted molar refractivity (Wildman–Crippen MR) is 88.2 cm³/mol. The van der Waals surface area contributed by atoms with Crippen LogP contribution in [0.15, 0.2) is 59.5 Å². The van der Waals surface area contributed by atoms with Crippen molar-refractivity contribution in [2.75, 3.05) is 6.61 Å². The summed E-state index contributed by atoms with van der Waals surface area (Å²) in [5, 5.41) is 9.23. The minimum absolute atomic E-state index is 0.203. The molecule has 0 aromatic heterocycles. The fraction of sp³-hybridized carbons (Fsp3) is 0.294. The molecule has 1 saturated heterocycles. The highest BCUT2D eigenvalue weighted by molar-refractivity contribution is 7.92. The SMILES string of the molecule is O=S(=O)(c1ccccc1)[C@H]1C[C@@H](CO)O[C@@H]1c1ccc(Cl)cc1. The van der Waals surface area contributed by atoms with Crippen LogP contribution in [0.3, 0.4) is 0 Å². The van der Waals surface area contributed by atoms with Gasteiger partial charge < -0.3 is 9.84 Å². The number of rotatable bonds is 4. The van der Waals surface area contributed by atoms with E-state index in [0.717, 1.165) is 5.56 Å². The second kappa shape index (κ2) is 6.61. The van der Waals surface area contributed by atoms with Crippen LogP contribution in [0.4, 0.5) is 0 Å². The molecule has 0 radical (unpaired) electrons.